The number of carbonyl (C=O) groups is 2. The molecule has 3 aromatic rings. The van der Waals surface area contributed by atoms with Crippen molar-refractivity contribution in [2.75, 3.05) is 0 Å². The number of pyridine rings is 1. The van der Waals surface area contributed by atoms with Crippen LogP contribution in [0.2, 0.25) is 0 Å². The second kappa shape index (κ2) is 9.64. The normalized spacial score (nSPS) is 11.1. The Morgan fingerprint density at radius 2 is 1.31 bits per heavy atom. The molecular weight excluding hydrogens is 406 g/mol. The molecule has 0 saturated carbocycles. The van der Waals surface area contributed by atoms with E-state index < -0.39 is 11.9 Å². The number of aromatic nitrogens is 1. The Morgan fingerprint density at radius 3 is 1.81 bits per heavy atom. The monoisotopic (exact) mass is 433 g/mol. The summed E-state index contributed by atoms with van der Waals surface area (Å²) >= 11 is 0. The number of ether oxygens (including phenoxy) is 1. The fourth-order valence-electron chi connectivity index (χ4n) is 3.69. The van der Waals surface area contributed by atoms with Crippen LogP contribution in [0.15, 0.2) is 54.6 Å². The molecule has 0 saturated heterocycles. The third-order valence-corrected chi connectivity index (χ3v) is 5.17. The Kier molecular flexibility index (Phi) is 6.93. The molecule has 6 nitrogen and oxygen atoms in total. The highest BCUT2D eigenvalue weighted by Crippen LogP contribution is 2.40. The summed E-state index contributed by atoms with van der Waals surface area (Å²) < 4.78 is 6.04. The minimum absolute atomic E-state index is 0.0995. The first-order valence-corrected chi connectivity index (χ1v) is 10.5. The van der Waals surface area contributed by atoms with Gasteiger partial charge in [-0.15, -0.1) is 0 Å². The molecule has 6 heteroatoms. The average molecular weight is 434 g/mol. The summed E-state index contributed by atoms with van der Waals surface area (Å²) in [5.74, 6) is -2.44. The predicted molar refractivity (Wildman–Crippen MR) is 123 cm³/mol. The van der Waals surface area contributed by atoms with Crippen molar-refractivity contribution >= 4 is 11.9 Å². The van der Waals surface area contributed by atoms with Crippen molar-refractivity contribution in [3.63, 3.8) is 0 Å². The lowest BCUT2D eigenvalue weighted by Gasteiger charge is -2.22. The quantitative estimate of drug-likeness (QED) is 0.454. The van der Waals surface area contributed by atoms with E-state index in [4.69, 9.17) is 4.74 Å². The summed E-state index contributed by atoms with van der Waals surface area (Å²) in [5, 5.41) is 20.2. The number of para-hydroxylation sites is 1. The van der Waals surface area contributed by atoms with E-state index in [9.17, 15) is 19.8 Å². The van der Waals surface area contributed by atoms with E-state index in [-0.39, 0.29) is 35.1 Å². The highest BCUT2D eigenvalue weighted by atomic mass is 16.5. The van der Waals surface area contributed by atoms with Crippen LogP contribution in [0.4, 0.5) is 0 Å². The molecule has 0 bridgehead atoms. The van der Waals surface area contributed by atoms with Gasteiger partial charge in [-0.1, -0.05) is 76.2 Å². The van der Waals surface area contributed by atoms with Gasteiger partial charge in [0.25, 0.3) is 0 Å². The number of aromatic carboxylic acids is 2. The van der Waals surface area contributed by atoms with Crippen LogP contribution >= 0.6 is 0 Å². The Hall–Kier alpha value is -3.67. The Morgan fingerprint density at radius 1 is 0.812 bits per heavy atom. The van der Waals surface area contributed by atoms with E-state index in [1.807, 2.05) is 58.0 Å². The maximum atomic E-state index is 12.4. The number of benzene rings is 2. The van der Waals surface area contributed by atoms with Crippen LogP contribution in [0.25, 0.3) is 11.1 Å². The maximum absolute atomic E-state index is 12.4. The largest absolute Gasteiger partial charge is 0.488 e. The van der Waals surface area contributed by atoms with Crippen LogP contribution in [0.1, 0.15) is 77.2 Å². The zero-order valence-corrected chi connectivity index (χ0v) is 18.6. The van der Waals surface area contributed by atoms with Crippen LogP contribution < -0.4 is 4.74 Å². The topological polar surface area (TPSA) is 96.7 Å². The maximum Gasteiger partial charge on any atom is 0.338 e. The van der Waals surface area contributed by atoms with E-state index in [0.29, 0.717) is 22.7 Å². The number of carboxylic acids is 2. The molecule has 0 aliphatic rings. The van der Waals surface area contributed by atoms with Crippen molar-refractivity contribution in [1.29, 1.82) is 0 Å². The molecule has 2 N–H and O–H groups in total. The lowest BCUT2D eigenvalue weighted by molar-refractivity contribution is 0.0694. The van der Waals surface area contributed by atoms with Crippen molar-refractivity contribution < 1.29 is 24.5 Å². The number of carboxylic acid groups (broad SMARTS) is 2. The third-order valence-electron chi connectivity index (χ3n) is 5.17. The molecule has 1 aromatic heterocycles. The summed E-state index contributed by atoms with van der Waals surface area (Å²) in [6, 6.07) is 16.5. The van der Waals surface area contributed by atoms with E-state index in [1.165, 1.54) is 0 Å². The molecule has 166 valence electrons. The minimum atomic E-state index is -1.22. The predicted octanol–water partition coefficient (Wildman–Crippen LogP) is 5.97. The van der Waals surface area contributed by atoms with Gasteiger partial charge >= 0.3 is 11.9 Å². The molecule has 2 aromatic carbocycles. The number of rotatable bonds is 8. The molecule has 0 aliphatic heterocycles. The minimum Gasteiger partial charge on any atom is -0.488 e. The van der Waals surface area contributed by atoms with Crippen molar-refractivity contribution in [2.24, 2.45) is 0 Å². The number of hydrogen-bond donors (Lipinski definition) is 2. The molecule has 3 rings (SSSR count). The Labute approximate surface area is 187 Å². The zero-order valence-electron chi connectivity index (χ0n) is 18.6. The van der Waals surface area contributed by atoms with Crippen LogP contribution in [-0.2, 0) is 6.61 Å². The first-order chi connectivity index (χ1) is 15.2. The lowest BCUT2D eigenvalue weighted by atomic mass is 9.86. The highest BCUT2D eigenvalue weighted by Gasteiger charge is 2.31. The Bertz CT molecular complexity index is 1090. The van der Waals surface area contributed by atoms with Gasteiger partial charge in [-0.25, -0.2) is 9.59 Å². The zero-order chi connectivity index (χ0) is 23.4. The third kappa shape index (κ3) is 4.64. The van der Waals surface area contributed by atoms with E-state index in [1.54, 1.807) is 24.3 Å². The van der Waals surface area contributed by atoms with Gasteiger partial charge in [-0.3, -0.25) is 4.98 Å². The van der Waals surface area contributed by atoms with Gasteiger partial charge in [0.05, 0.1) is 22.5 Å². The van der Waals surface area contributed by atoms with Gasteiger partial charge in [0.2, 0.25) is 0 Å². The number of nitrogens with zero attached hydrogens (tertiary/aromatic N) is 1. The second-order valence-electron chi connectivity index (χ2n) is 8.20. The summed E-state index contributed by atoms with van der Waals surface area (Å²) in [6.45, 7) is 7.66. The molecule has 0 amide bonds. The van der Waals surface area contributed by atoms with E-state index in [0.717, 1.165) is 5.56 Å². The molecule has 0 fully saturated rings. The van der Waals surface area contributed by atoms with Crippen LogP contribution in [0.3, 0.4) is 0 Å². The SMILES string of the molecule is CC(C)c1nc(C(C)C)c(C(=O)O)c(-c2ccccc2OCc2ccccc2)c1C(=O)O. The second-order valence-corrected chi connectivity index (χ2v) is 8.20. The molecule has 1 heterocycles. The first kappa shape index (κ1) is 23.0. The van der Waals surface area contributed by atoms with Crippen molar-refractivity contribution in [3.05, 3.63) is 82.7 Å². The fraction of sp³-hybridized carbons (Fsp3) is 0.269. The summed E-state index contributed by atoms with van der Waals surface area (Å²) in [4.78, 5) is 29.3. The fourth-order valence-corrected chi connectivity index (χ4v) is 3.69. The van der Waals surface area contributed by atoms with Gasteiger partial charge < -0.3 is 14.9 Å². The van der Waals surface area contributed by atoms with E-state index in [2.05, 4.69) is 4.98 Å². The number of hydrogen-bond acceptors (Lipinski definition) is 4. The first-order valence-electron chi connectivity index (χ1n) is 10.5. The molecular formula is C26H27NO5. The van der Waals surface area contributed by atoms with Gasteiger partial charge in [0.1, 0.15) is 12.4 Å². The molecule has 0 radical (unpaired) electrons. The molecule has 0 unspecified atom stereocenters. The highest BCUT2D eigenvalue weighted by molar-refractivity contribution is 6.07. The van der Waals surface area contributed by atoms with Crippen molar-refractivity contribution in [3.8, 4) is 16.9 Å². The Balaban J connectivity index is 2.31. The standard InChI is InChI=1S/C26H27NO5/c1-15(2)23-21(25(28)29)20(22(26(30)31)24(27-23)16(3)4)18-12-8-9-13-19(18)32-14-17-10-6-5-7-11-17/h5-13,15-16H,14H2,1-4H3,(H,28,29)(H,30,31). The molecule has 0 spiro atoms. The van der Waals surface area contributed by atoms with Crippen LogP contribution in [0.5, 0.6) is 5.75 Å². The summed E-state index contributed by atoms with van der Waals surface area (Å²) in [5.41, 5.74) is 2.02. The molecule has 0 atom stereocenters. The summed E-state index contributed by atoms with van der Waals surface area (Å²) in [6.07, 6.45) is 0. The van der Waals surface area contributed by atoms with Crippen LogP contribution in [0, 0.1) is 0 Å². The molecule has 0 aliphatic carbocycles. The van der Waals surface area contributed by atoms with Gasteiger partial charge in [-0.05, 0) is 23.5 Å². The van der Waals surface area contributed by atoms with Crippen LogP contribution in [-0.4, -0.2) is 27.1 Å². The van der Waals surface area contributed by atoms with Gasteiger partial charge in [0.15, 0.2) is 0 Å². The lowest BCUT2D eigenvalue weighted by Crippen LogP contribution is -2.18. The smallest absolute Gasteiger partial charge is 0.338 e. The van der Waals surface area contributed by atoms with E-state index >= 15 is 0 Å². The van der Waals surface area contributed by atoms with Gasteiger partial charge in [0, 0.05) is 11.1 Å². The van der Waals surface area contributed by atoms with Crippen molar-refractivity contribution in [2.45, 2.75) is 46.1 Å². The van der Waals surface area contributed by atoms with Crippen molar-refractivity contribution in [1.82, 2.24) is 4.98 Å². The van der Waals surface area contributed by atoms with Gasteiger partial charge in [-0.2, -0.15) is 0 Å². The molecule has 32 heavy (non-hydrogen) atoms. The average Bonchev–Trinajstić information content (AvgIpc) is 2.76. The summed E-state index contributed by atoms with van der Waals surface area (Å²) in [7, 11) is 0.